The number of rotatable bonds is 2. The van der Waals surface area contributed by atoms with Gasteiger partial charge in [0.1, 0.15) is 0 Å². The minimum Gasteiger partial charge on any atom is -0.285 e. The Hall–Kier alpha value is -1.35. The number of hydrogen-bond acceptors (Lipinski definition) is 2. The first kappa shape index (κ1) is 11.7. The molecule has 3 heteroatoms. The molecule has 0 fully saturated rings. The molecule has 0 aromatic heterocycles. The summed E-state index contributed by atoms with van der Waals surface area (Å²) in [6, 6.07) is 5.70. The lowest BCUT2D eigenvalue weighted by Gasteiger charge is -2.23. The molecule has 0 spiro atoms. The Labute approximate surface area is 90.3 Å². The van der Waals surface area contributed by atoms with E-state index in [1.807, 2.05) is 39.0 Å². The zero-order chi connectivity index (χ0) is 11.6. The van der Waals surface area contributed by atoms with E-state index in [-0.39, 0.29) is 11.9 Å². The van der Waals surface area contributed by atoms with Gasteiger partial charge in [-0.2, -0.15) is 0 Å². The molecule has 0 bridgehead atoms. The summed E-state index contributed by atoms with van der Waals surface area (Å²) in [6.45, 7) is 7.12. The summed E-state index contributed by atoms with van der Waals surface area (Å²) in [6.07, 6.45) is 0. The summed E-state index contributed by atoms with van der Waals surface area (Å²) < 4.78 is 0. The van der Waals surface area contributed by atoms with Crippen LogP contribution in [0, 0.1) is 13.8 Å². The van der Waals surface area contributed by atoms with E-state index in [4.69, 9.17) is 0 Å². The highest BCUT2D eigenvalue weighted by atomic mass is 16.5. The molecule has 1 aromatic carbocycles. The van der Waals surface area contributed by atoms with E-state index in [1.54, 1.807) is 0 Å². The largest absolute Gasteiger partial charge is 0.285 e. The van der Waals surface area contributed by atoms with Crippen molar-refractivity contribution in [3.05, 3.63) is 34.9 Å². The third-order valence-corrected chi connectivity index (χ3v) is 2.57. The van der Waals surface area contributed by atoms with Crippen molar-refractivity contribution in [3.63, 3.8) is 0 Å². The van der Waals surface area contributed by atoms with Crippen LogP contribution in [0.25, 0.3) is 0 Å². The topological polar surface area (TPSA) is 40.5 Å². The lowest BCUT2D eigenvalue weighted by atomic mass is 10.00. The van der Waals surface area contributed by atoms with Gasteiger partial charge in [-0.1, -0.05) is 23.8 Å². The molecule has 1 aromatic rings. The lowest BCUT2D eigenvalue weighted by Crippen LogP contribution is -2.28. The highest BCUT2D eigenvalue weighted by Gasteiger charge is 2.17. The molecule has 0 aliphatic heterocycles. The summed E-state index contributed by atoms with van der Waals surface area (Å²) in [7, 11) is 0. The van der Waals surface area contributed by atoms with Crippen LogP contribution in [0.4, 0.5) is 0 Å². The number of hydrogen-bond donors (Lipinski definition) is 1. The molecule has 0 radical (unpaired) electrons. The van der Waals surface area contributed by atoms with Gasteiger partial charge in [-0.15, -0.1) is 0 Å². The van der Waals surface area contributed by atoms with Crippen molar-refractivity contribution in [3.8, 4) is 0 Å². The molecule has 0 aliphatic rings. The van der Waals surface area contributed by atoms with Crippen molar-refractivity contribution in [2.24, 2.45) is 0 Å². The predicted molar refractivity (Wildman–Crippen MR) is 58.6 cm³/mol. The Morgan fingerprint density at radius 1 is 1.40 bits per heavy atom. The van der Waals surface area contributed by atoms with Gasteiger partial charge in [-0.3, -0.25) is 10.0 Å². The Morgan fingerprint density at radius 3 is 2.53 bits per heavy atom. The SMILES string of the molecule is CC(=O)N(O)C(C)c1cc(C)ccc1C. The minimum atomic E-state index is -0.344. The van der Waals surface area contributed by atoms with Crippen LogP contribution in [-0.4, -0.2) is 16.2 Å². The maximum absolute atomic E-state index is 11.0. The first-order valence-corrected chi connectivity index (χ1v) is 4.99. The molecule has 1 amide bonds. The highest BCUT2D eigenvalue weighted by molar-refractivity contribution is 5.72. The van der Waals surface area contributed by atoms with Crippen LogP contribution in [0.2, 0.25) is 0 Å². The minimum absolute atomic E-state index is 0.303. The molecule has 1 N–H and O–H groups in total. The van der Waals surface area contributed by atoms with Crippen LogP contribution in [0.1, 0.15) is 36.6 Å². The van der Waals surface area contributed by atoms with Crippen LogP contribution in [0.15, 0.2) is 18.2 Å². The van der Waals surface area contributed by atoms with Gasteiger partial charge in [0.05, 0.1) is 6.04 Å². The fraction of sp³-hybridized carbons (Fsp3) is 0.417. The zero-order valence-corrected chi connectivity index (χ0v) is 9.61. The van der Waals surface area contributed by atoms with Crippen LogP contribution in [0.5, 0.6) is 0 Å². The van der Waals surface area contributed by atoms with E-state index < -0.39 is 0 Å². The highest BCUT2D eigenvalue weighted by Crippen LogP contribution is 2.23. The van der Waals surface area contributed by atoms with Crippen LogP contribution in [0.3, 0.4) is 0 Å². The number of benzene rings is 1. The second-order valence-electron chi connectivity index (χ2n) is 3.90. The molecule has 82 valence electrons. The summed E-state index contributed by atoms with van der Waals surface area (Å²) in [5.41, 5.74) is 3.18. The average Bonchev–Trinajstić information content (AvgIpc) is 2.19. The maximum atomic E-state index is 11.0. The number of carbonyl (C=O) groups excluding carboxylic acids is 1. The number of carbonyl (C=O) groups is 1. The van der Waals surface area contributed by atoms with Crippen molar-refractivity contribution in [1.29, 1.82) is 0 Å². The number of amides is 1. The van der Waals surface area contributed by atoms with Gasteiger partial charge in [0.15, 0.2) is 0 Å². The smallest absolute Gasteiger partial charge is 0.243 e. The third kappa shape index (κ3) is 2.57. The molecule has 0 heterocycles. The van der Waals surface area contributed by atoms with Gasteiger partial charge in [0.25, 0.3) is 0 Å². The van der Waals surface area contributed by atoms with Gasteiger partial charge >= 0.3 is 0 Å². The summed E-state index contributed by atoms with van der Waals surface area (Å²) in [5.74, 6) is -0.344. The normalized spacial score (nSPS) is 12.3. The fourth-order valence-electron chi connectivity index (χ4n) is 1.61. The number of nitrogens with zero attached hydrogens (tertiary/aromatic N) is 1. The van der Waals surface area contributed by atoms with Crippen molar-refractivity contribution in [2.75, 3.05) is 0 Å². The Morgan fingerprint density at radius 2 is 2.00 bits per heavy atom. The molecule has 15 heavy (non-hydrogen) atoms. The van der Waals surface area contributed by atoms with Gasteiger partial charge in [-0.25, -0.2) is 5.06 Å². The molecular formula is C12H17NO2. The Balaban J connectivity index is 3.04. The molecule has 0 saturated carbocycles. The molecule has 0 aliphatic carbocycles. The molecule has 0 saturated heterocycles. The summed E-state index contributed by atoms with van der Waals surface area (Å²) in [4.78, 5) is 11.0. The van der Waals surface area contributed by atoms with E-state index in [1.165, 1.54) is 6.92 Å². The molecule has 3 nitrogen and oxygen atoms in total. The van der Waals surface area contributed by atoms with E-state index >= 15 is 0 Å². The lowest BCUT2D eigenvalue weighted by molar-refractivity contribution is -0.172. The second-order valence-corrected chi connectivity index (χ2v) is 3.90. The van der Waals surface area contributed by atoms with Crippen molar-refractivity contribution < 1.29 is 10.0 Å². The maximum Gasteiger partial charge on any atom is 0.243 e. The Kier molecular flexibility index (Phi) is 3.48. The van der Waals surface area contributed by atoms with Crippen molar-refractivity contribution in [2.45, 2.75) is 33.7 Å². The first-order valence-electron chi connectivity index (χ1n) is 4.99. The predicted octanol–water partition coefficient (Wildman–Crippen LogP) is 2.60. The standard InChI is InChI=1S/C12H17NO2/c1-8-5-6-9(2)12(7-8)10(3)13(15)11(4)14/h5-7,10,15H,1-4H3. The van der Waals surface area contributed by atoms with Crippen LogP contribution >= 0.6 is 0 Å². The monoisotopic (exact) mass is 207 g/mol. The first-order chi connectivity index (χ1) is 6.93. The molecule has 1 unspecified atom stereocenters. The Bertz CT molecular complexity index is 374. The van der Waals surface area contributed by atoms with Crippen molar-refractivity contribution in [1.82, 2.24) is 5.06 Å². The average molecular weight is 207 g/mol. The van der Waals surface area contributed by atoms with Gasteiger partial charge < -0.3 is 0 Å². The van der Waals surface area contributed by atoms with Gasteiger partial charge in [0, 0.05) is 6.92 Å². The zero-order valence-electron chi connectivity index (χ0n) is 9.61. The van der Waals surface area contributed by atoms with Gasteiger partial charge in [0.2, 0.25) is 5.91 Å². The van der Waals surface area contributed by atoms with E-state index in [2.05, 4.69) is 0 Å². The van der Waals surface area contributed by atoms with E-state index in [9.17, 15) is 10.0 Å². The van der Waals surface area contributed by atoms with E-state index in [0.717, 1.165) is 21.8 Å². The van der Waals surface area contributed by atoms with E-state index in [0.29, 0.717) is 0 Å². The van der Waals surface area contributed by atoms with Crippen molar-refractivity contribution >= 4 is 5.91 Å². The number of aryl methyl sites for hydroxylation is 2. The molecule has 1 rings (SSSR count). The second kappa shape index (κ2) is 4.45. The quantitative estimate of drug-likeness (QED) is 0.598. The van der Waals surface area contributed by atoms with Crippen LogP contribution < -0.4 is 0 Å². The molecular weight excluding hydrogens is 190 g/mol. The third-order valence-electron chi connectivity index (χ3n) is 2.57. The summed E-state index contributed by atoms with van der Waals surface area (Å²) >= 11 is 0. The molecule has 1 atom stereocenters. The van der Waals surface area contributed by atoms with Gasteiger partial charge in [-0.05, 0) is 31.9 Å². The fourth-order valence-corrected chi connectivity index (χ4v) is 1.61. The summed E-state index contributed by atoms with van der Waals surface area (Å²) in [5, 5.41) is 10.3. The number of hydroxylamine groups is 2. The van der Waals surface area contributed by atoms with Crippen LogP contribution in [-0.2, 0) is 4.79 Å².